The number of aromatic nitrogens is 1. The largest absolute Gasteiger partial charge is 0.361 e. The van der Waals surface area contributed by atoms with E-state index in [9.17, 15) is 14.0 Å². The van der Waals surface area contributed by atoms with E-state index in [0.717, 1.165) is 6.07 Å². The topological polar surface area (TPSA) is 84.2 Å². The smallest absolute Gasteiger partial charge is 0.261 e. The van der Waals surface area contributed by atoms with Gasteiger partial charge in [-0.25, -0.2) is 4.39 Å². The van der Waals surface area contributed by atoms with Crippen LogP contribution in [0.5, 0.6) is 0 Å². The van der Waals surface area contributed by atoms with E-state index in [4.69, 9.17) is 4.52 Å². The van der Waals surface area contributed by atoms with Gasteiger partial charge in [0.1, 0.15) is 17.1 Å². The number of nitrogens with one attached hydrogen (secondary N) is 2. The zero-order valence-electron chi connectivity index (χ0n) is 11.8. The van der Waals surface area contributed by atoms with Crippen molar-refractivity contribution < 1.29 is 18.5 Å². The van der Waals surface area contributed by atoms with Crippen molar-refractivity contribution >= 4 is 23.2 Å². The molecule has 0 fully saturated rings. The van der Waals surface area contributed by atoms with Crippen LogP contribution in [0.15, 0.2) is 22.7 Å². The van der Waals surface area contributed by atoms with Crippen LogP contribution in [0.1, 0.15) is 28.7 Å². The van der Waals surface area contributed by atoms with Gasteiger partial charge in [0.15, 0.2) is 0 Å². The van der Waals surface area contributed by atoms with E-state index in [1.807, 2.05) is 0 Å². The van der Waals surface area contributed by atoms with Gasteiger partial charge in [-0.3, -0.25) is 9.59 Å². The molecule has 0 aliphatic heterocycles. The number of rotatable bonds is 3. The Morgan fingerprint density at radius 2 is 1.95 bits per heavy atom. The van der Waals surface area contributed by atoms with E-state index in [1.165, 1.54) is 19.1 Å². The number of benzene rings is 1. The normalized spacial score (nSPS) is 10.3. The molecule has 1 heterocycles. The number of carbonyl (C=O) groups excluding carboxylic acids is 2. The molecular formula is C14H14FN3O3. The van der Waals surface area contributed by atoms with Crippen molar-refractivity contribution in [3.05, 3.63) is 41.0 Å². The molecular weight excluding hydrogens is 277 g/mol. The van der Waals surface area contributed by atoms with Crippen molar-refractivity contribution in [2.75, 3.05) is 10.6 Å². The lowest BCUT2D eigenvalue weighted by Crippen LogP contribution is -2.15. The average molecular weight is 291 g/mol. The number of halogens is 1. The van der Waals surface area contributed by atoms with Crippen molar-refractivity contribution in [2.45, 2.75) is 20.8 Å². The summed E-state index contributed by atoms with van der Waals surface area (Å²) in [4.78, 5) is 23.1. The molecule has 6 nitrogen and oxygen atoms in total. The summed E-state index contributed by atoms with van der Waals surface area (Å²) in [6.45, 7) is 4.56. The van der Waals surface area contributed by atoms with Gasteiger partial charge in [0.2, 0.25) is 5.91 Å². The summed E-state index contributed by atoms with van der Waals surface area (Å²) >= 11 is 0. The molecule has 2 rings (SSSR count). The molecule has 2 N–H and O–H groups in total. The molecule has 0 unspecified atom stereocenters. The fraction of sp³-hybridized carbons (Fsp3) is 0.214. The van der Waals surface area contributed by atoms with Crippen LogP contribution in [0.25, 0.3) is 0 Å². The summed E-state index contributed by atoms with van der Waals surface area (Å²) in [5.74, 6) is -1.07. The number of hydrogen-bond donors (Lipinski definition) is 2. The first-order chi connectivity index (χ1) is 9.88. The Morgan fingerprint density at radius 1 is 1.24 bits per heavy atom. The van der Waals surface area contributed by atoms with E-state index in [-0.39, 0.29) is 17.2 Å². The molecule has 21 heavy (non-hydrogen) atoms. The SMILES string of the molecule is CC(=O)Nc1ccc(F)c(NC(=O)c2c(C)noc2C)c1. The van der Waals surface area contributed by atoms with Crippen molar-refractivity contribution in [3.63, 3.8) is 0 Å². The molecule has 0 atom stereocenters. The number of carbonyl (C=O) groups is 2. The van der Waals surface area contributed by atoms with Gasteiger partial charge in [-0.1, -0.05) is 5.16 Å². The monoisotopic (exact) mass is 291 g/mol. The zero-order chi connectivity index (χ0) is 15.6. The first kappa shape index (κ1) is 14.7. The highest BCUT2D eigenvalue weighted by Crippen LogP contribution is 2.21. The summed E-state index contributed by atoms with van der Waals surface area (Å²) in [5.41, 5.74) is 1.03. The first-order valence-electron chi connectivity index (χ1n) is 6.20. The van der Waals surface area contributed by atoms with Gasteiger partial charge in [-0.15, -0.1) is 0 Å². The molecule has 2 amide bonds. The Morgan fingerprint density at radius 3 is 2.52 bits per heavy atom. The number of amides is 2. The van der Waals surface area contributed by atoms with E-state index < -0.39 is 11.7 Å². The van der Waals surface area contributed by atoms with Crippen molar-refractivity contribution in [1.29, 1.82) is 0 Å². The van der Waals surface area contributed by atoms with Crippen LogP contribution in [0, 0.1) is 19.7 Å². The van der Waals surface area contributed by atoms with E-state index in [0.29, 0.717) is 17.1 Å². The van der Waals surface area contributed by atoms with Gasteiger partial charge < -0.3 is 15.2 Å². The number of hydrogen-bond acceptors (Lipinski definition) is 4. The van der Waals surface area contributed by atoms with Crippen LogP contribution < -0.4 is 10.6 Å². The molecule has 7 heteroatoms. The van der Waals surface area contributed by atoms with Crippen LogP contribution in [-0.2, 0) is 4.79 Å². The van der Waals surface area contributed by atoms with E-state index in [1.54, 1.807) is 13.8 Å². The molecule has 0 aliphatic rings. The minimum atomic E-state index is -0.607. The first-order valence-corrected chi connectivity index (χ1v) is 6.20. The molecule has 0 saturated heterocycles. The third kappa shape index (κ3) is 3.25. The highest BCUT2D eigenvalue weighted by molar-refractivity contribution is 6.06. The van der Waals surface area contributed by atoms with Crippen LogP contribution >= 0.6 is 0 Å². The summed E-state index contributed by atoms with van der Waals surface area (Å²) in [7, 11) is 0. The predicted octanol–water partition coefficient (Wildman–Crippen LogP) is 2.64. The van der Waals surface area contributed by atoms with Gasteiger partial charge in [0.05, 0.1) is 11.4 Å². The number of aryl methyl sites for hydroxylation is 2. The van der Waals surface area contributed by atoms with Crippen LogP contribution in [0.3, 0.4) is 0 Å². The molecule has 0 radical (unpaired) electrons. The van der Waals surface area contributed by atoms with Gasteiger partial charge >= 0.3 is 0 Å². The van der Waals surface area contributed by atoms with Crippen LogP contribution in [-0.4, -0.2) is 17.0 Å². The molecule has 110 valence electrons. The number of nitrogens with zero attached hydrogens (tertiary/aromatic N) is 1. The molecule has 0 saturated carbocycles. The highest BCUT2D eigenvalue weighted by Gasteiger charge is 2.18. The lowest BCUT2D eigenvalue weighted by molar-refractivity contribution is -0.114. The Hall–Kier alpha value is -2.70. The fourth-order valence-corrected chi connectivity index (χ4v) is 1.89. The lowest BCUT2D eigenvalue weighted by atomic mass is 10.2. The van der Waals surface area contributed by atoms with Gasteiger partial charge in [0.25, 0.3) is 5.91 Å². The summed E-state index contributed by atoms with van der Waals surface area (Å²) in [6.07, 6.45) is 0. The van der Waals surface area contributed by atoms with Crippen LogP contribution in [0.4, 0.5) is 15.8 Å². The Balaban J connectivity index is 2.26. The van der Waals surface area contributed by atoms with E-state index in [2.05, 4.69) is 15.8 Å². The Kier molecular flexibility index (Phi) is 4.02. The Bertz CT molecular complexity index is 690. The maximum Gasteiger partial charge on any atom is 0.261 e. The van der Waals surface area contributed by atoms with Gasteiger partial charge in [0, 0.05) is 12.6 Å². The maximum atomic E-state index is 13.7. The molecule has 0 spiro atoms. The van der Waals surface area contributed by atoms with Crippen LogP contribution in [0.2, 0.25) is 0 Å². The predicted molar refractivity (Wildman–Crippen MR) is 74.6 cm³/mol. The van der Waals surface area contributed by atoms with Gasteiger partial charge in [-0.05, 0) is 32.0 Å². The standard InChI is InChI=1S/C14H14FN3O3/c1-7-13(8(2)21-18-7)14(20)17-12-6-10(16-9(3)19)4-5-11(12)15/h4-6H,1-3H3,(H,16,19)(H,17,20). The second kappa shape index (κ2) is 5.74. The quantitative estimate of drug-likeness (QED) is 0.910. The molecule has 1 aromatic carbocycles. The molecule has 0 aliphatic carbocycles. The zero-order valence-corrected chi connectivity index (χ0v) is 11.8. The highest BCUT2D eigenvalue weighted by atomic mass is 19.1. The second-order valence-corrected chi connectivity index (χ2v) is 4.53. The maximum absolute atomic E-state index is 13.7. The summed E-state index contributed by atoms with van der Waals surface area (Å²) in [6, 6.07) is 3.91. The third-order valence-corrected chi connectivity index (χ3v) is 2.80. The third-order valence-electron chi connectivity index (χ3n) is 2.80. The molecule has 1 aromatic heterocycles. The fourth-order valence-electron chi connectivity index (χ4n) is 1.89. The van der Waals surface area contributed by atoms with Gasteiger partial charge in [-0.2, -0.15) is 0 Å². The average Bonchev–Trinajstić information content (AvgIpc) is 2.72. The summed E-state index contributed by atoms with van der Waals surface area (Å²) in [5, 5.41) is 8.63. The van der Waals surface area contributed by atoms with Crippen molar-refractivity contribution in [1.82, 2.24) is 5.16 Å². The Labute approximate surface area is 120 Å². The lowest BCUT2D eigenvalue weighted by Gasteiger charge is -2.09. The minimum absolute atomic E-state index is 0.0359. The molecule has 2 aromatic rings. The van der Waals surface area contributed by atoms with Crippen molar-refractivity contribution in [3.8, 4) is 0 Å². The second-order valence-electron chi connectivity index (χ2n) is 4.53. The van der Waals surface area contributed by atoms with Crippen molar-refractivity contribution in [2.24, 2.45) is 0 Å². The summed E-state index contributed by atoms with van der Waals surface area (Å²) < 4.78 is 18.6. The number of anilines is 2. The van der Waals surface area contributed by atoms with E-state index >= 15 is 0 Å². The molecule has 0 bridgehead atoms. The minimum Gasteiger partial charge on any atom is -0.361 e.